The van der Waals surface area contributed by atoms with Gasteiger partial charge in [0, 0.05) is 11.9 Å². The number of aliphatic carboxylic acids is 2. The lowest BCUT2D eigenvalue weighted by molar-refractivity contribution is -0.303. The average molecular weight is 174 g/mol. The number of rotatable bonds is 1. The Morgan fingerprint density at radius 3 is 1.25 bits per heavy atom. The van der Waals surface area contributed by atoms with Crippen LogP contribution in [0.3, 0.4) is 0 Å². The molecule has 0 amide bonds. The molecule has 0 saturated carbocycles. The van der Waals surface area contributed by atoms with Gasteiger partial charge in [-0.1, -0.05) is 6.58 Å². The van der Waals surface area contributed by atoms with E-state index in [4.69, 9.17) is 24.6 Å². The number of carbonyl (C=O) groups is 3. The molecule has 0 aromatic carbocycles. The highest BCUT2D eigenvalue weighted by Gasteiger charge is 1.46. The highest BCUT2D eigenvalue weighted by Crippen LogP contribution is 1.35. The van der Waals surface area contributed by atoms with E-state index >= 15 is 0 Å². The van der Waals surface area contributed by atoms with Crippen LogP contribution in [0.25, 0.3) is 0 Å². The summed E-state index contributed by atoms with van der Waals surface area (Å²) in [5.74, 6) is -2.17. The topological polar surface area (TPSA) is 97.3 Å². The van der Waals surface area contributed by atoms with Crippen molar-refractivity contribution in [2.75, 3.05) is 0 Å². The third-order valence-corrected chi connectivity index (χ3v) is 0.0962. The third kappa shape index (κ3) is 1070. The molecule has 5 heteroatoms. The van der Waals surface area contributed by atoms with Gasteiger partial charge in [-0.05, 0) is 19.9 Å². The lowest BCUT2D eigenvalue weighted by Gasteiger charge is -1.77. The van der Waals surface area contributed by atoms with Crippen molar-refractivity contribution in [3.8, 4) is 0 Å². The van der Waals surface area contributed by atoms with Gasteiger partial charge in [-0.15, -0.1) is 0 Å². The molecule has 0 rings (SSSR count). The van der Waals surface area contributed by atoms with E-state index in [-0.39, 0.29) is 0 Å². The van der Waals surface area contributed by atoms with Crippen LogP contribution in [0.2, 0.25) is 0 Å². The maximum atomic E-state index is 9.06. The molecule has 0 aromatic rings. The van der Waals surface area contributed by atoms with Crippen LogP contribution < -0.4 is 10.2 Å². The van der Waals surface area contributed by atoms with Gasteiger partial charge in [0.2, 0.25) is 0 Å². The van der Waals surface area contributed by atoms with Crippen LogP contribution in [-0.2, 0) is 14.4 Å². The van der Waals surface area contributed by atoms with Crippen molar-refractivity contribution in [3.63, 3.8) is 0 Å². The molecule has 0 aliphatic carbocycles. The first-order chi connectivity index (χ1) is 5.38. The number of allylic oxidation sites excluding steroid dienone is 1. The number of carbonyl (C=O) groups excluding carboxylic acids is 3. The third-order valence-electron chi connectivity index (χ3n) is 0.0962. The molecular formula is C7H10O5-2. The highest BCUT2D eigenvalue weighted by molar-refractivity contribution is 5.63. The van der Waals surface area contributed by atoms with Crippen molar-refractivity contribution >= 4 is 18.2 Å². The fourth-order valence-electron chi connectivity index (χ4n) is 0. The van der Waals surface area contributed by atoms with E-state index in [0.717, 1.165) is 13.8 Å². The van der Waals surface area contributed by atoms with E-state index < -0.39 is 11.9 Å². The van der Waals surface area contributed by atoms with Crippen molar-refractivity contribution in [2.24, 2.45) is 0 Å². The second-order valence-corrected chi connectivity index (χ2v) is 1.35. The van der Waals surface area contributed by atoms with Crippen LogP contribution in [0.15, 0.2) is 12.7 Å². The van der Waals surface area contributed by atoms with Crippen LogP contribution >= 0.6 is 0 Å². The number of hydrogen-bond acceptors (Lipinski definition) is 5. The van der Waals surface area contributed by atoms with Gasteiger partial charge in [-0.3, -0.25) is 4.79 Å². The van der Waals surface area contributed by atoms with Gasteiger partial charge < -0.3 is 19.8 Å². The van der Waals surface area contributed by atoms with Gasteiger partial charge in [0.1, 0.15) is 6.29 Å². The minimum atomic E-state index is -1.08. The lowest BCUT2D eigenvalue weighted by Crippen LogP contribution is -2.16. The van der Waals surface area contributed by atoms with Gasteiger partial charge in [-0.2, -0.15) is 0 Å². The quantitative estimate of drug-likeness (QED) is 0.334. The Morgan fingerprint density at radius 1 is 1.17 bits per heavy atom. The molecule has 70 valence electrons. The zero-order chi connectivity index (χ0) is 10.6. The van der Waals surface area contributed by atoms with E-state index in [1.165, 1.54) is 6.08 Å². The molecule has 0 bridgehead atoms. The van der Waals surface area contributed by atoms with E-state index in [0.29, 0.717) is 6.29 Å². The molecule has 0 aromatic heterocycles. The van der Waals surface area contributed by atoms with Crippen molar-refractivity contribution in [1.29, 1.82) is 0 Å². The van der Waals surface area contributed by atoms with Crippen LogP contribution in [0, 0.1) is 0 Å². The summed E-state index contributed by atoms with van der Waals surface area (Å²) in [4.78, 5) is 26.8. The lowest BCUT2D eigenvalue weighted by atomic mass is 10.8. The van der Waals surface area contributed by atoms with Gasteiger partial charge >= 0.3 is 0 Å². The monoisotopic (exact) mass is 174 g/mol. The molecule has 0 unspecified atom stereocenters. The number of carboxylic acid groups (broad SMARTS) is 2. The molecule has 0 heterocycles. The smallest absolute Gasteiger partial charge is 0.142 e. The molecular weight excluding hydrogens is 164 g/mol. The summed E-state index contributed by atoms with van der Waals surface area (Å²) in [5, 5.41) is 17.8. The largest absolute Gasteiger partial charge is 0.550 e. The second-order valence-electron chi connectivity index (χ2n) is 1.35. The SMILES string of the molecule is C=CC=O.CC(=O)[O-].CC(=O)[O-]. The zero-order valence-electron chi connectivity index (χ0n) is 6.90. The molecule has 0 radical (unpaired) electrons. The van der Waals surface area contributed by atoms with Crippen molar-refractivity contribution < 1.29 is 24.6 Å². The molecule has 0 fully saturated rings. The summed E-state index contributed by atoms with van der Waals surface area (Å²) in [6.07, 6.45) is 1.83. The Morgan fingerprint density at radius 2 is 1.25 bits per heavy atom. The highest BCUT2D eigenvalue weighted by atomic mass is 16.4. The molecule has 0 atom stereocenters. The Balaban J connectivity index is -0.000000101. The Kier molecular flexibility index (Phi) is 22.6. The molecule has 0 aliphatic rings. The number of hydrogen-bond donors (Lipinski definition) is 0. The minimum Gasteiger partial charge on any atom is -0.550 e. The van der Waals surface area contributed by atoms with Crippen LogP contribution in [0.4, 0.5) is 0 Å². The Labute approximate surface area is 70.3 Å². The van der Waals surface area contributed by atoms with E-state index in [1.807, 2.05) is 0 Å². The summed E-state index contributed by atoms with van der Waals surface area (Å²) in [6.45, 7) is 5.06. The Bertz CT molecular complexity index is 124. The summed E-state index contributed by atoms with van der Waals surface area (Å²) in [6, 6.07) is 0. The van der Waals surface area contributed by atoms with Crippen LogP contribution in [0.5, 0.6) is 0 Å². The van der Waals surface area contributed by atoms with Crippen molar-refractivity contribution in [3.05, 3.63) is 12.7 Å². The molecule has 5 nitrogen and oxygen atoms in total. The van der Waals surface area contributed by atoms with Gasteiger partial charge in [0.15, 0.2) is 0 Å². The zero-order valence-corrected chi connectivity index (χ0v) is 6.90. The first-order valence-electron chi connectivity index (χ1n) is 2.79. The summed E-state index contributed by atoms with van der Waals surface area (Å²) in [7, 11) is 0. The molecule has 0 spiro atoms. The average Bonchev–Trinajstić information content (AvgIpc) is 1.85. The maximum Gasteiger partial charge on any atom is 0.142 e. The maximum absolute atomic E-state index is 9.06. The van der Waals surface area contributed by atoms with Gasteiger partial charge in [-0.25, -0.2) is 0 Å². The minimum absolute atomic E-state index is 0.639. The van der Waals surface area contributed by atoms with Crippen molar-refractivity contribution in [1.82, 2.24) is 0 Å². The molecule has 0 saturated heterocycles. The number of carboxylic acids is 2. The molecule has 12 heavy (non-hydrogen) atoms. The van der Waals surface area contributed by atoms with Gasteiger partial charge in [0.05, 0.1) is 0 Å². The molecule has 0 aliphatic heterocycles. The predicted molar refractivity (Wildman–Crippen MR) is 37.6 cm³/mol. The van der Waals surface area contributed by atoms with Crippen LogP contribution in [-0.4, -0.2) is 18.2 Å². The summed E-state index contributed by atoms with van der Waals surface area (Å²) >= 11 is 0. The van der Waals surface area contributed by atoms with Crippen LogP contribution in [0.1, 0.15) is 13.8 Å². The summed E-state index contributed by atoms with van der Waals surface area (Å²) in [5.41, 5.74) is 0. The standard InChI is InChI=1S/C3H4O.2C2H4O2/c1-2-3-4;2*1-2(3)4/h2-3H,1H2;2*1H3,(H,3,4)/p-2. The summed E-state index contributed by atoms with van der Waals surface area (Å²) < 4.78 is 0. The first-order valence-corrected chi connectivity index (χ1v) is 2.79. The first kappa shape index (κ1) is 16.7. The van der Waals surface area contributed by atoms with E-state index in [1.54, 1.807) is 0 Å². The fraction of sp³-hybridized carbons (Fsp3) is 0.286. The fourth-order valence-corrected chi connectivity index (χ4v) is 0. The predicted octanol–water partition coefficient (Wildman–Crippen LogP) is -2.12. The normalized spacial score (nSPS) is 5.83. The van der Waals surface area contributed by atoms with E-state index in [9.17, 15) is 0 Å². The van der Waals surface area contributed by atoms with Gasteiger partial charge in [0.25, 0.3) is 0 Å². The number of aldehydes is 1. The van der Waals surface area contributed by atoms with E-state index in [2.05, 4.69) is 6.58 Å². The molecule has 0 N–H and O–H groups in total. The Hall–Kier alpha value is -1.65. The van der Waals surface area contributed by atoms with Crippen molar-refractivity contribution in [2.45, 2.75) is 13.8 Å². The second kappa shape index (κ2) is 16.2.